The lowest BCUT2D eigenvalue weighted by molar-refractivity contribution is -0.133. The minimum absolute atomic E-state index is 0.00856. The van der Waals surface area contributed by atoms with Crippen molar-refractivity contribution in [2.75, 3.05) is 26.2 Å². The molecule has 0 aliphatic carbocycles. The number of piperidine rings is 2. The Labute approximate surface area is 162 Å². The number of nitrogens with one attached hydrogen (secondary N) is 1. The number of carbonyl (C=O) groups excluding carboxylic acids is 3. The van der Waals surface area contributed by atoms with Crippen molar-refractivity contribution in [1.29, 1.82) is 0 Å². The molecule has 1 N–H and O–H groups in total. The van der Waals surface area contributed by atoms with E-state index in [4.69, 9.17) is 4.74 Å². The van der Waals surface area contributed by atoms with Gasteiger partial charge in [-0.2, -0.15) is 0 Å². The second-order valence-corrected chi connectivity index (χ2v) is 8.86. The Kier molecular flexibility index (Phi) is 6.54. The molecule has 2 heterocycles. The molecule has 1 unspecified atom stereocenters. The lowest BCUT2D eigenvalue weighted by Gasteiger charge is -2.42. The maximum absolute atomic E-state index is 12.8. The van der Waals surface area contributed by atoms with Gasteiger partial charge in [0.25, 0.3) is 0 Å². The minimum atomic E-state index is -0.537. The van der Waals surface area contributed by atoms with Gasteiger partial charge in [-0.3, -0.25) is 9.59 Å². The number of likely N-dealkylation sites (tertiary alicyclic amines) is 2. The Morgan fingerprint density at radius 2 is 1.78 bits per heavy atom. The average molecular weight is 380 g/mol. The molecule has 7 nitrogen and oxygen atoms in total. The normalized spacial score (nSPS) is 24.3. The standard InChI is InChI=1S/C20H33N3O4/c1-6-16(24)22-12-8-15(9-13-22)17(25)21-20(5)10-7-11-23(14-20)18(26)27-19(2,3)4/h6,15H,1,7-14H2,2-5H3,(H,21,25). The van der Waals surface area contributed by atoms with Crippen LogP contribution in [0.4, 0.5) is 4.79 Å². The summed E-state index contributed by atoms with van der Waals surface area (Å²) in [6, 6.07) is 0. The molecule has 0 aromatic carbocycles. The van der Waals surface area contributed by atoms with Crippen molar-refractivity contribution >= 4 is 17.9 Å². The van der Waals surface area contributed by atoms with Crippen LogP contribution in [0.15, 0.2) is 12.7 Å². The molecule has 0 bridgehead atoms. The molecule has 2 rings (SSSR count). The molecule has 152 valence electrons. The molecule has 2 aliphatic rings. The second-order valence-electron chi connectivity index (χ2n) is 8.86. The summed E-state index contributed by atoms with van der Waals surface area (Å²) >= 11 is 0. The maximum Gasteiger partial charge on any atom is 0.410 e. The molecule has 0 spiro atoms. The Hall–Kier alpha value is -2.05. The zero-order valence-electron chi connectivity index (χ0n) is 17.0. The number of hydrogen-bond donors (Lipinski definition) is 1. The Balaban J connectivity index is 1.90. The van der Waals surface area contributed by atoms with Gasteiger partial charge in [0.1, 0.15) is 5.60 Å². The van der Waals surface area contributed by atoms with Gasteiger partial charge in [-0.15, -0.1) is 0 Å². The number of amides is 3. The molecular formula is C20H33N3O4. The molecule has 0 radical (unpaired) electrons. The van der Waals surface area contributed by atoms with E-state index in [2.05, 4.69) is 11.9 Å². The van der Waals surface area contributed by atoms with E-state index in [1.54, 1.807) is 9.80 Å². The highest BCUT2D eigenvalue weighted by Crippen LogP contribution is 2.25. The van der Waals surface area contributed by atoms with Gasteiger partial charge in [0, 0.05) is 32.1 Å². The van der Waals surface area contributed by atoms with Crippen molar-refractivity contribution < 1.29 is 19.1 Å². The first-order chi connectivity index (χ1) is 12.5. The summed E-state index contributed by atoms with van der Waals surface area (Å²) < 4.78 is 5.47. The average Bonchev–Trinajstić information content (AvgIpc) is 2.59. The molecule has 7 heteroatoms. The second kappa shape index (κ2) is 8.31. The van der Waals surface area contributed by atoms with Gasteiger partial charge in [0.15, 0.2) is 0 Å². The van der Waals surface area contributed by atoms with Gasteiger partial charge >= 0.3 is 6.09 Å². The van der Waals surface area contributed by atoms with E-state index in [9.17, 15) is 14.4 Å². The third kappa shape index (κ3) is 5.97. The SMILES string of the molecule is C=CC(=O)N1CCC(C(=O)NC2(C)CCCN(C(=O)OC(C)(C)C)C2)CC1. The van der Waals surface area contributed by atoms with Gasteiger partial charge in [-0.1, -0.05) is 6.58 Å². The maximum atomic E-state index is 12.8. The minimum Gasteiger partial charge on any atom is -0.444 e. The van der Waals surface area contributed by atoms with Crippen LogP contribution < -0.4 is 5.32 Å². The van der Waals surface area contributed by atoms with Crippen LogP contribution >= 0.6 is 0 Å². The Morgan fingerprint density at radius 1 is 1.15 bits per heavy atom. The van der Waals surface area contributed by atoms with E-state index in [0.29, 0.717) is 39.0 Å². The van der Waals surface area contributed by atoms with Crippen molar-refractivity contribution in [3.8, 4) is 0 Å². The zero-order chi connectivity index (χ0) is 20.2. The van der Waals surface area contributed by atoms with Crippen molar-refractivity contribution in [2.45, 2.75) is 64.5 Å². The van der Waals surface area contributed by atoms with Crippen LogP contribution in [0.25, 0.3) is 0 Å². The summed E-state index contributed by atoms with van der Waals surface area (Å²) in [5.74, 6) is -0.178. The largest absolute Gasteiger partial charge is 0.444 e. The van der Waals surface area contributed by atoms with Crippen LogP contribution in [0.1, 0.15) is 53.4 Å². The number of nitrogens with zero attached hydrogens (tertiary/aromatic N) is 2. The Morgan fingerprint density at radius 3 is 2.33 bits per heavy atom. The van der Waals surface area contributed by atoms with Gasteiger partial charge in [-0.05, 0) is 59.5 Å². The molecule has 0 aromatic heterocycles. The van der Waals surface area contributed by atoms with Crippen molar-refractivity contribution in [3.05, 3.63) is 12.7 Å². The van der Waals surface area contributed by atoms with Crippen LogP contribution in [0.3, 0.4) is 0 Å². The summed E-state index contributed by atoms with van der Waals surface area (Å²) in [6.07, 6.45) is 3.93. The molecule has 27 heavy (non-hydrogen) atoms. The molecule has 2 fully saturated rings. The number of hydrogen-bond acceptors (Lipinski definition) is 4. The molecule has 1 atom stereocenters. The highest BCUT2D eigenvalue weighted by molar-refractivity contribution is 5.87. The third-order valence-corrected chi connectivity index (χ3v) is 5.13. The fraction of sp³-hybridized carbons (Fsp3) is 0.750. The Bertz CT molecular complexity index is 591. The van der Waals surface area contributed by atoms with E-state index in [-0.39, 0.29) is 23.8 Å². The van der Waals surface area contributed by atoms with E-state index in [1.165, 1.54) is 6.08 Å². The zero-order valence-corrected chi connectivity index (χ0v) is 17.0. The van der Waals surface area contributed by atoms with Gasteiger partial charge in [0.2, 0.25) is 11.8 Å². The number of ether oxygens (including phenoxy) is 1. The van der Waals surface area contributed by atoms with Crippen LogP contribution in [0.2, 0.25) is 0 Å². The van der Waals surface area contributed by atoms with E-state index < -0.39 is 11.1 Å². The van der Waals surface area contributed by atoms with Crippen LogP contribution in [-0.4, -0.2) is 65.0 Å². The van der Waals surface area contributed by atoms with E-state index in [0.717, 1.165) is 12.8 Å². The molecule has 3 amide bonds. The highest BCUT2D eigenvalue weighted by atomic mass is 16.6. The van der Waals surface area contributed by atoms with Gasteiger partial charge < -0.3 is 19.9 Å². The predicted molar refractivity (Wildman–Crippen MR) is 103 cm³/mol. The summed E-state index contributed by atoms with van der Waals surface area (Å²) in [6.45, 7) is 13.3. The van der Waals surface area contributed by atoms with Crippen LogP contribution in [-0.2, 0) is 14.3 Å². The summed E-state index contributed by atoms with van der Waals surface area (Å²) in [4.78, 5) is 40.2. The van der Waals surface area contributed by atoms with Crippen molar-refractivity contribution in [1.82, 2.24) is 15.1 Å². The monoisotopic (exact) mass is 379 g/mol. The first kappa shape index (κ1) is 21.3. The smallest absolute Gasteiger partial charge is 0.410 e. The number of rotatable bonds is 3. The molecule has 2 aliphatic heterocycles. The predicted octanol–water partition coefficient (Wildman–Crippen LogP) is 2.32. The summed E-state index contributed by atoms with van der Waals surface area (Å²) in [5.41, 5.74) is -0.995. The highest BCUT2D eigenvalue weighted by Gasteiger charge is 2.38. The van der Waals surface area contributed by atoms with E-state index in [1.807, 2.05) is 27.7 Å². The van der Waals surface area contributed by atoms with Gasteiger partial charge in [0.05, 0.1) is 5.54 Å². The quantitative estimate of drug-likeness (QED) is 0.763. The summed E-state index contributed by atoms with van der Waals surface area (Å²) in [7, 11) is 0. The lowest BCUT2D eigenvalue weighted by Crippen LogP contribution is -2.59. The van der Waals surface area contributed by atoms with E-state index >= 15 is 0 Å². The molecular weight excluding hydrogens is 346 g/mol. The number of carbonyl (C=O) groups is 3. The molecule has 2 saturated heterocycles. The fourth-order valence-corrected chi connectivity index (χ4v) is 3.71. The van der Waals surface area contributed by atoms with Crippen LogP contribution in [0, 0.1) is 5.92 Å². The molecule has 0 saturated carbocycles. The van der Waals surface area contributed by atoms with Crippen molar-refractivity contribution in [3.63, 3.8) is 0 Å². The molecule has 0 aromatic rings. The van der Waals surface area contributed by atoms with Gasteiger partial charge in [-0.25, -0.2) is 4.79 Å². The fourth-order valence-electron chi connectivity index (χ4n) is 3.71. The summed E-state index contributed by atoms with van der Waals surface area (Å²) in [5, 5.41) is 3.16. The first-order valence-electron chi connectivity index (χ1n) is 9.74. The third-order valence-electron chi connectivity index (χ3n) is 5.13. The topological polar surface area (TPSA) is 79.0 Å². The first-order valence-corrected chi connectivity index (χ1v) is 9.74. The van der Waals surface area contributed by atoms with Crippen molar-refractivity contribution in [2.24, 2.45) is 5.92 Å². The van der Waals surface area contributed by atoms with Crippen LogP contribution in [0.5, 0.6) is 0 Å². The lowest BCUT2D eigenvalue weighted by atomic mass is 9.88.